The number of carbonyl (C=O) groups is 1. The van der Waals surface area contributed by atoms with Crippen LogP contribution >= 0.6 is 23.2 Å². The maximum absolute atomic E-state index is 10.9. The molecular formula is C32H36Cl2N6O3. The van der Waals surface area contributed by atoms with Gasteiger partial charge in [0.2, 0.25) is 10.6 Å². The summed E-state index contributed by atoms with van der Waals surface area (Å²) in [6.07, 6.45) is 7.65. The molecule has 4 rings (SSSR count). The maximum Gasteiger partial charge on any atom is 0.222 e. The van der Waals surface area contributed by atoms with Crippen LogP contribution in [0.25, 0.3) is 22.5 Å². The predicted octanol–water partition coefficient (Wildman–Crippen LogP) is 6.43. The summed E-state index contributed by atoms with van der Waals surface area (Å²) in [6, 6.07) is 14.8. The molecule has 0 aliphatic rings. The van der Waals surface area contributed by atoms with E-state index in [9.17, 15) is 4.79 Å². The van der Waals surface area contributed by atoms with Crippen molar-refractivity contribution in [3.8, 4) is 34.0 Å². The van der Waals surface area contributed by atoms with Crippen LogP contribution in [0.15, 0.2) is 86.2 Å². The zero-order valence-corrected chi connectivity index (χ0v) is 26.3. The third-order valence-corrected chi connectivity index (χ3v) is 6.07. The van der Waals surface area contributed by atoms with Gasteiger partial charge >= 0.3 is 0 Å². The molecule has 0 atom stereocenters. The van der Waals surface area contributed by atoms with E-state index in [0.717, 1.165) is 54.1 Å². The van der Waals surface area contributed by atoms with E-state index >= 15 is 0 Å². The number of likely N-dealkylation sites (N-methyl/N-ethyl adjacent to an activating group) is 2. The molecule has 0 saturated carbocycles. The quantitative estimate of drug-likeness (QED) is 0.115. The summed E-state index contributed by atoms with van der Waals surface area (Å²) in [4.78, 5) is 29.1. The lowest BCUT2D eigenvalue weighted by atomic mass is 10.1. The lowest BCUT2D eigenvalue weighted by Gasteiger charge is -2.17. The fourth-order valence-electron chi connectivity index (χ4n) is 3.76. The normalized spacial score (nSPS) is 10.0. The van der Waals surface area contributed by atoms with Crippen molar-refractivity contribution in [2.24, 2.45) is 0 Å². The van der Waals surface area contributed by atoms with Gasteiger partial charge in [-0.3, -0.25) is 9.69 Å². The first-order chi connectivity index (χ1) is 20.8. The Kier molecular flexibility index (Phi) is 15.6. The molecule has 0 aliphatic carbocycles. The van der Waals surface area contributed by atoms with Crippen LogP contribution in [0.2, 0.25) is 10.6 Å². The minimum atomic E-state index is 0.172. The summed E-state index contributed by atoms with van der Waals surface area (Å²) in [6.45, 7) is 9.72. The Balaban J connectivity index is 0.000000264. The molecule has 0 saturated heterocycles. The largest absolute Gasteiger partial charge is 0.496 e. The average Bonchev–Trinajstić information content (AvgIpc) is 3.02. The van der Waals surface area contributed by atoms with Crippen molar-refractivity contribution < 1.29 is 14.3 Å². The second-order valence-electron chi connectivity index (χ2n) is 8.85. The molecule has 2 heterocycles. The zero-order chi connectivity index (χ0) is 31.6. The number of aldehydes is 1. The summed E-state index contributed by atoms with van der Waals surface area (Å²) < 4.78 is 10.5. The van der Waals surface area contributed by atoms with Crippen molar-refractivity contribution in [3.05, 3.63) is 108 Å². The Hall–Kier alpha value is -4.15. The number of hydrogen-bond donors (Lipinski definition) is 1. The van der Waals surface area contributed by atoms with Crippen molar-refractivity contribution >= 4 is 29.5 Å². The highest BCUT2D eigenvalue weighted by Gasteiger charge is 2.10. The Morgan fingerprint density at radius 2 is 1.42 bits per heavy atom. The van der Waals surface area contributed by atoms with Crippen LogP contribution in [-0.2, 0) is 6.54 Å². The standard InChI is InChI=1S/C16H18ClN3O.C12H9ClN2O2.C4H9N/c1-4-9-20(2)11-13-10-12(5-6-15(13)21-3)14-7-8-18-16(17)19-14;1-17-11-3-2-8(6-9(11)7-16)10-4-5-14-12(13)15-10;1-3-4-5-2/h4-8,10H,1,9,11H2,2-3H3;2-7H,1H3;3,5H,1,4H2,2H3. The maximum atomic E-state index is 10.9. The molecule has 4 aromatic rings. The Bertz CT molecular complexity index is 1490. The number of aromatic nitrogens is 4. The first kappa shape index (κ1) is 35.0. The number of nitrogens with one attached hydrogen (secondary N) is 1. The molecule has 0 bridgehead atoms. The molecular weight excluding hydrogens is 587 g/mol. The van der Waals surface area contributed by atoms with Gasteiger partial charge in [0.05, 0.1) is 31.2 Å². The first-order valence-corrected chi connectivity index (χ1v) is 13.9. The van der Waals surface area contributed by atoms with Gasteiger partial charge in [-0.2, -0.15) is 0 Å². The van der Waals surface area contributed by atoms with Gasteiger partial charge in [0, 0.05) is 48.7 Å². The third-order valence-electron chi connectivity index (χ3n) is 5.71. The van der Waals surface area contributed by atoms with E-state index in [1.807, 2.05) is 50.5 Å². The van der Waals surface area contributed by atoms with E-state index in [4.69, 9.17) is 32.7 Å². The number of benzene rings is 2. The van der Waals surface area contributed by atoms with Crippen LogP contribution in [-0.4, -0.2) is 72.5 Å². The number of ether oxygens (including phenoxy) is 2. The van der Waals surface area contributed by atoms with Crippen LogP contribution in [0.3, 0.4) is 0 Å². The van der Waals surface area contributed by atoms with Crippen molar-refractivity contribution in [2.45, 2.75) is 6.54 Å². The van der Waals surface area contributed by atoms with E-state index in [2.05, 4.69) is 49.4 Å². The van der Waals surface area contributed by atoms with Crippen molar-refractivity contribution in [2.75, 3.05) is 41.4 Å². The summed E-state index contributed by atoms with van der Waals surface area (Å²) in [5.41, 5.74) is 4.80. The Labute approximate surface area is 263 Å². The zero-order valence-electron chi connectivity index (χ0n) is 24.8. The molecule has 0 aliphatic heterocycles. The minimum absolute atomic E-state index is 0.172. The fourth-order valence-corrected chi connectivity index (χ4v) is 4.05. The number of carbonyl (C=O) groups excluding carboxylic acids is 1. The number of methoxy groups -OCH3 is 2. The van der Waals surface area contributed by atoms with Crippen molar-refractivity contribution in [3.63, 3.8) is 0 Å². The average molecular weight is 624 g/mol. The second kappa shape index (κ2) is 19.1. The van der Waals surface area contributed by atoms with E-state index in [0.29, 0.717) is 17.0 Å². The monoisotopic (exact) mass is 622 g/mol. The van der Waals surface area contributed by atoms with Crippen LogP contribution in [0.1, 0.15) is 15.9 Å². The van der Waals surface area contributed by atoms with Gasteiger partial charge in [-0.15, -0.1) is 13.2 Å². The molecule has 2 aromatic heterocycles. The topological polar surface area (TPSA) is 102 Å². The summed E-state index contributed by atoms with van der Waals surface area (Å²) >= 11 is 11.6. The highest BCUT2D eigenvalue weighted by molar-refractivity contribution is 6.28. The van der Waals surface area contributed by atoms with Crippen LogP contribution in [0, 0.1) is 0 Å². The molecule has 0 radical (unpaired) electrons. The highest BCUT2D eigenvalue weighted by Crippen LogP contribution is 2.27. The van der Waals surface area contributed by atoms with Crippen molar-refractivity contribution in [1.29, 1.82) is 0 Å². The van der Waals surface area contributed by atoms with E-state index in [-0.39, 0.29) is 10.6 Å². The molecule has 11 heteroatoms. The van der Waals surface area contributed by atoms with E-state index in [1.165, 1.54) is 7.11 Å². The van der Waals surface area contributed by atoms with Crippen LogP contribution < -0.4 is 14.8 Å². The lowest BCUT2D eigenvalue weighted by Crippen LogP contribution is -2.17. The van der Waals surface area contributed by atoms with Gasteiger partial charge in [0.25, 0.3) is 0 Å². The molecule has 0 unspecified atom stereocenters. The van der Waals surface area contributed by atoms with Gasteiger partial charge < -0.3 is 14.8 Å². The molecule has 0 amide bonds. The molecule has 226 valence electrons. The Morgan fingerprint density at radius 3 is 1.86 bits per heavy atom. The summed E-state index contributed by atoms with van der Waals surface area (Å²) in [5, 5.41) is 3.32. The molecule has 0 spiro atoms. The lowest BCUT2D eigenvalue weighted by molar-refractivity contribution is 0.112. The number of hydrogen-bond acceptors (Lipinski definition) is 9. The van der Waals surface area contributed by atoms with E-state index in [1.54, 1.807) is 37.7 Å². The van der Waals surface area contributed by atoms with Gasteiger partial charge in [-0.05, 0) is 85.8 Å². The number of nitrogens with zero attached hydrogens (tertiary/aromatic N) is 5. The summed E-state index contributed by atoms with van der Waals surface area (Å²) in [7, 11) is 7.12. The second-order valence-corrected chi connectivity index (χ2v) is 9.53. The fraction of sp³-hybridized carbons (Fsp3) is 0.219. The number of rotatable bonds is 11. The van der Waals surface area contributed by atoms with Gasteiger partial charge in [-0.1, -0.05) is 12.2 Å². The minimum Gasteiger partial charge on any atom is -0.496 e. The van der Waals surface area contributed by atoms with Crippen molar-refractivity contribution in [1.82, 2.24) is 30.2 Å². The summed E-state index contributed by atoms with van der Waals surface area (Å²) in [5.74, 6) is 1.39. The van der Waals surface area contributed by atoms with Gasteiger partial charge in [0.1, 0.15) is 11.5 Å². The number of halogens is 2. The highest BCUT2D eigenvalue weighted by atomic mass is 35.5. The SMILES string of the molecule is C=CCN(C)Cc1cc(-c2ccnc(Cl)n2)ccc1OC.C=CCNC.COc1ccc(-c2ccnc(Cl)n2)cc1C=O. The predicted molar refractivity (Wildman–Crippen MR) is 174 cm³/mol. The molecule has 0 fully saturated rings. The molecule has 2 aromatic carbocycles. The van der Waals surface area contributed by atoms with Gasteiger partial charge in [0.15, 0.2) is 6.29 Å². The molecule has 9 nitrogen and oxygen atoms in total. The smallest absolute Gasteiger partial charge is 0.222 e. The van der Waals surface area contributed by atoms with Gasteiger partial charge in [-0.25, -0.2) is 19.9 Å². The third kappa shape index (κ3) is 11.6. The van der Waals surface area contributed by atoms with E-state index < -0.39 is 0 Å². The van der Waals surface area contributed by atoms with Crippen LogP contribution in [0.4, 0.5) is 0 Å². The molecule has 1 N–H and O–H groups in total. The first-order valence-electron chi connectivity index (χ1n) is 13.1. The Morgan fingerprint density at radius 1 is 0.860 bits per heavy atom. The molecule has 43 heavy (non-hydrogen) atoms. The van der Waals surface area contributed by atoms with Crippen LogP contribution in [0.5, 0.6) is 11.5 Å².